The minimum Gasteiger partial charge on any atom is -0.465 e. The number of carbonyl (C=O) groups excluding carboxylic acids is 1. The Kier molecular flexibility index (Phi) is 8.74. The maximum atomic E-state index is 13.4. The van der Waals surface area contributed by atoms with Crippen molar-refractivity contribution >= 4 is 15.8 Å². The maximum absolute atomic E-state index is 13.4. The zero-order valence-electron chi connectivity index (χ0n) is 14.1. The van der Waals surface area contributed by atoms with Crippen molar-refractivity contribution in [1.29, 1.82) is 0 Å². The average molecular weight is 349 g/mol. The van der Waals surface area contributed by atoms with E-state index >= 15 is 0 Å². The fourth-order valence-electron chi connectivity index (χ4n) is 1.81. The molecule has 0 aromatic carbocycles. The third-order valence-corrected chi connectivity index (χ3v) is 4.43. The second-order valence-corrected chi connectivity index (χ2v) is 6.92. The molecule has 0 amide bonds. The SMILES string of the molecule is CC.CCOC(=O)C(CCn1cc(F)c(C)cc1=O)S(C)(=O)=O. The number of nitrogens with zero attached hydrogens (tertiary/aromatic N) is 1. The Hall–Kier alpha value is -1.70. The number of aryl methyl sites for hydroxylation is 2. The first-order chi connectivity index (χ1) is 10.7. The van der Waals surface area contributed by atoms with Crippen LogP contribution in [-0.2, 0) is 25.9 Å². The summed E-state index contributed by atoms with van der Waals surface area (Å²) in [4.78, 5) is 23.3. The van der Waals surface area contributed by atoms with E-state index in [0.717, 1.165) is 23.1 Å². The summed E-state index contributed by atoms with van der Waals surface area (Å²) in [5, 5.41) is -1.37. The van der Waals surface area contributed by atoms with Crippen molar-refractivity contribution in [2.24, 2.45) is 0 Å². The van der Waals surface area contributed by atoms with Gasteiger partial charge in [-0.05, 0) is 25.8 Å². The first kappa shape index (κ1) is 21.3. The number of rotatable bonds is 6. The van der Waals surface area contributed by atoms with E-state index in [4.69, 9.17) is 4.74 Å². The molecule has 0 aliphatic rings. The third-order valence-electron chi connectivity index (χ3n) is 2.97. The molecule has 0 aliphatic carbocycles. The van der Waals surface area contributed by atoms with Gasteiger partial charge < -0.3 is 9.30 Å². The summed E-state index contributed by atoms with van der Waals surface area (Å²) >= 11 is 0. The van der Waals surface area contributed by atoms with E-state index in [2.05, 4.69) is 0 Å². The van der Waals surface area contributed by atoms with Crippen LogP contribution in [0, 0.1) is 12.7 Å². The van der Waals surface area contributed by atoms with E-state index in [1.165, 1.54) is 6.92 Å². The highest BCUT2D eigenvalue weighted by molar-refractivity contribution is 7.92. The third kappa shape index (κ3) is 6.52. The van der Waals surface area contributed by atoms with Gasteiger partial charge in [-0.15, -0.1) is 0 Å². The van der Waals surface area contributed by atoms with E-state index in [-0.39, 0.29) is 25.1 Å². The fraction of sp³-hybridized carbons (Fsp3) is 0.600. The van der Waals surface area contributed by atoms with Crippen LogP contribution in [0.25, 0.3) is 0 Å². The summed E-state index contributed by atoms with van der Waals surface area (Å²) in [5.74, 6) is -1.43. The monoisotopic (exact) mass is 349 g/mol. The summed E-state index contributed by atoms with van der Waals surface area (Å²) in [6.45, 7) is 6.99. The molecule has 6 nitrogen and oxygen atoms in total. The number of hydrogen-bond donors (Lipinski definition) is 0. The van der Waals surface area contributed by atoms with Crippen molar-refractivity contribution in [1.82, 2.24) is 4.57 Å². The standard InChI is InChI=1S/C13H18FNO5S.C2H6/c1-4-20-13(17)11(21(3,18)19)5-6-15-8-10(14)9(2)7-12(15)16;1-2/h7-8,11H,4-6H2,1-3H3;1-2H3. The lowest BCUT2D eigenvalue weighted by atomic mass is 10.2. The first-order valence-electron chi connectivity index (χ1n) is 7.39. The quantitative estimate of drug-likeness (QED) is 0.730. The molecule has 0 bridgehead atoms. The number of pyridine rings is 1. The van der Waals surface area contributed by atoms with Gasteiger partial charge in [-0.25, -0.2) is 12.8 Å². The van der Waals surface area contributed by atoms with E-state index in [1.54, 1.807) is 6.92 Å². The number of hydrogen-bond acceptors (Lipinski definition) is 5. The predicted octanol–water partition coefficient (Wildman–Crippen LogP) is 1.69. The van der Waals surface area contributed by atoms with E-state index in [0.29, 0.717) is 0 Å². The average Bonchev–Trinajstić information content (AvgIpc) is 2.45. The van der Waals surface area contributed by atoms with Gasteiger partial charge in [-0.1, -0.05) is 13.8 Å². The van der Waals surface area contributed by atoms with Crippen molar-refractivity contribution < 1.29 is 22.3 Å². The molecule has 0 fully saturated rings. The first-order valence-corrected chi connectivity index (χ1v) is 9.34. The Balaban J connectivity index is 0.00000232. The lowest BCUT2D eigenvalue weighted by Gasteiger charge is -2.14. The topological polar surface area (TPSA) is 82.4 Å². The molecular formula is C15H24FNO5S. The second kappa shape index (κ2) is 9.44. The van der Waals surface area contributed by atoms with E-state index < -0.39 is 32.4 Å². The summed E-state index contributed by atoms with van der Waals surface area (Å²) in [6.07, 6.45) is 1.77. The van der Waals surface area contributed by atoms with Gasteiger partial charge in [-0.2, -0.15) is 0 Å². The highest BCUT2D eigenvalue weighted by atomic mass is 32.2. The van der Waals surface area contributed by atoms with Crippen LogP contribution in [0.2, 0.25) is 0 Å². The molecule has 0 aliphatic heterocycles. The normalized spacial score (nSPS) is 12.1. The van der Waals surface area contributed by atoms with Gasteiger partial charge in [0, 0.05) is 25.1 Å². The van der Waals surface area contributed by atoms with E-state index in [9.17, 15) is 22.4 Å². The van der Waals surface area contributed by atoms with Crippen molar-refractivity contribution in [3.63, 3.8) is 0 Å². The lowest BCUT2D eigenvalue weighted by Crippen LogP contribution is -2.33. The van der Waals surface area contributed by atoms with Crippen molar-refractivity contribution in [2.45, 2.75) is 45.9 Å². The van der Waals surface area contributed by atoms with Crippen LogP contribution in [0.3, 0.4) is 0 Å². The van der Waals surface area contributed by atoms with E-state index in [1.807, 2.05) is 13.8 Å². The van der Waals surface area contributed by atoms with Crippen LogP contribution in [0.4, 0.5) is 4.39 Å². The molecule has 1 rings (SSSR count). The summed E-state index contributed by atoms with van der Waals surface area (Å²) < 4.78 is 42.4. The number of sulfone groups is 1. The summed E-state index contributed by atoms with van der Waals surface area (Å²) in [5.41, 5.74) is -0.244. The molecule has 1 aromatic rings. The Morgan fingerprint density at radius 1 is 1.39 bits per heavy atom. The summed E-state index contributed by atoms with van der Waals surface area (Å²) in [6, 6.07) is 1.12. The molecule has 0 radical (unpaired) electrons. The molecule has 23 heavy (non-hydrogen) atoms. The van der Waals surface area contributed by atoms with Crippen LogP contribution < -0.4 is 5.56 Å². The largest absolute Gasteiger partial charge is 0.465 e. The van der Waals surface area contributed by atoms with Crippen molar-refractivity contribution in [2.75, 3.05) is 12.9 Å². The molecule has 0 saturated carbocycles. The lowest BCUT2D eigenvalue weighted by molar-refractivity contribution is -0.142. The summed E-state index contributed by atoms with van der Waals surface area (Å²) in [7, 11) is -3.67. The number of ether oxygens (including phenoxy) is 1. The van der Waals surface area contributed by atoms with Gasteiger partial charge in [0.05, 0.1) is 6.61 Å². The molecule has 1 heterocycles. The Morgan fingerprint density at radius 3 is 2.43 bits per heavy atom. The minimum atomic E-state index is -3.67. The van der Waals surface area contributed by atoms with Gasteiger partial charge in [0.15, 0.2) is 15.1 Å². The molecule has 1 atom stereocenters. The molecule has 0 saturated heterocycles. The fourth-order valence-corrected chi connectivity index (χ4v) is 2.76. The Labute approximate surface area is 136 Å². The van der Waals surface area contributed by atoms with Crippen LogP contribution in [0.15, 0.2) is 17.1 Å². The molecule has 0 N–H and O–H groups in total. The van der Waals surface area contributed by atoms with Gasteiger partial charge in [0.2, 0.25) is 0 Å². The predicted molar refractivity (Wildman–Crippen MR) is 86.6 cm³/mol. The number of carbonyl (C=O) groups is 1. The highest BCUT2D eigenvalue weighted by Crippen LogP contribution is 2.10. The Bertz CT molecular complexity index is 682. The van der Waals surface area contributed by atoms with Crippen LogP contribution in [0.1, 0.15) is 32.8 Å². The second-order valence-electron chi connectivity index (χ2n) is 4.69. The minimum absolute atomic E-state index is 0.0595. The molecular weight excluding hydrogens is 325 g/mol. The highest BCUT2D eigenvalue weighted by Gasteiger charge is 2.30. The van der Waals surface area contributed by atoms with Gasteiger partial charge in [-0.3, -0.25) is 9.59 Å². The van der Waals surface area contributed by atoms with Gasteiger partial charge in [0.1, 0.15) is 5.82 Å². The van der Waals surface area contributed by atoms with Crippen molar-refractivity contribution in [3.8, 4) is 0 Å². The number of aromatic nitrogens is 1. The Morgan fingerprint density at radius 2 is 1.96 bits per heavy atom. The molecule has 8 heteroatoms. The smallest absolute Gasteiger partial charge is 0.324 e. The zero-order chi connectivity index (χ0) is 18.2. The number of halogens is 1. The molecule has 1 aromatic heterocycles. The zero-order valence-corrected chi connectivity index (χ0v) is 14.9. The van der Waals surface area contributed by atoms with Crippen LogP contribution >= 0.6 is 0 Å². The van der Waals surface area contributed by atoms with Gasteiger partial charge in [0.25, 0.3) is 5.56 Å². The number of esters is 1. The van der Waals surface area contributed by atoms with Gasteiger partial charge >= 0.3 is 5.97 Å². The van der Waals surface area contributed by atoms with Crippen molar-refractivity contribution in [3.05, 3.63) is 34.0 Å². The molecule has 0 spiro atoms. The maximum Gasteiger partial charge on any atom is 0.324 e. The van der Waals surface area contributed by atoms with Crippen LogP contribution in [-0.4, -0.2) is 37.1 Å². The molecule has 132 valence electrons. The molecule has 1 unspecified atom stereocenters. The van der Waals surface area contributed by atoms with Crippen LogP contribution in [0.5, 0.6) is 0 Å².